The number of nitrogens with zero attached hydrogens (tertiary/aromatic N) is 2. The van der Waals surface area contributed by atoms with Gasteiger partial charge in [-0.2, -0.15) is 0 Å². The molecule has 43 heavy (non-hydrogen) atoms. The van der Waals surface area contributed by atoms with Crippen LogP contribution in [0.25, 0.3) is 0 Å². The van der Waals surface area contributed by atoms with Crippen LogP contribution in [-0.4, -0.2) is 50.4 Å². The van der Waals surface area contributed by atoms with Crippen LogP contribution in [0, 0.1) is 0 Å². The van der Waals surface area contributed by atoms with Gasteiger partial charge in [-0.05, 0) is 62.6 Å². The maximum atomic E-state index is 14.4. The molecule has 1 N–H and O–H groups in total. The minimum Gasteiger partial charge on any atom is -0.492 e. The van der Waals surface area contributed by atoms with Crippen molar-refractivity contribution < 1.29 is 22.7 Å². The van der Waals surface area contributed by atoms with E-state index in [0.717, 1.165) is 30.0 Å². The Labute approximate surface area is 264 Å². The highest BCUT2D eigenvalue weighted by molar-refractivity contribution is 7.92. The van der Waals surface area contributed by atoms with E-state index in [2.05, 4.69) is 5.32 Å². The van der Waals surface area contributed by atoms with E-state index < -0.39 is 28.5 Å². The fourth-order valence-electron chi connectivity index (χ4n) is 5.31. The maximum absolute atomic E-state index is 14.4. The van der Waals surface area contributed by atoms with Crippen LogP contribution in [0.2, 0.25) is 10.0 Å². The van der Waals surface area contributed by atoms with Crippen molar-refractivity contribution in [2.75, 3.05) is 17.5 Å². The molecule has 0 saturated heterocycles. The number of sulfonamides is 1. The molecule has 0 aromatic heterocycles. The number of nitrogens with one attached hydrogen (secondary N) is 1. The van der Waals surface area contributed by atoms with Crippen molar-refractivity contribution in [2.45, 2.75) is 69.5 Å². The summed E-state index contributed by atoms with van der Waals surface area (Å²) in [6.07, 6.45) is 4.12. The number of anilines is 1. The average Bonchev–Trinajstić information content (AvgIpc) is 3.51. The zero-order valence-electron chi connectivity index (χ0n) is 24.3. The second-order valence-electron chi connectivity index (χ2n) is 10.4. The number of para-hydroxylation sites is 2. The molecule has 0 heterocycles. The summed E-state index contributed by atoms with van der Waals surface area (Å²) in [6.45, 7) is 3.23. The van der Waals surface area contributed by atoms with Gasteiger partial charge in [-0.15, -0.1) is 0 Å². The van der Waals surface area contributed by atoms with Gasteiger partial charge >= 0.3 is 0 Å². The molecule has 8 nitrogen and oxygen atoms in total. The predicted octanol–water partition coefficient (Wildman–Crippen LogP) is 6.45. The summed E-state index contributed by atoms with van der Waals surface area (Å²) in [4.78, 5) is 29.4. The Balaban J connectivity index is 1.77. The largest absolute Gasteiger partial charge is 0.492 e. The van der Waals surface area contributed by atoms with Crippen LogP contribution in [0.5, 0.6) is 5.75 Å². The van der Waals surface area contributed by atoms with Crippen molar-refractivity contribution in [3.8, 4) is 5.75 Å². The molecule has 0 spiro atoms. The lowest BCUT2D eigenvalue weighted by molar-refractivity contribution is -0.140. The Hall–Kier alpha value is -3.27. The zero-order chi connectivity index (χ0) is 31.0. The molecule has 1 fully saturated rings. The lowest BCUT2D eigenvalue weighted by atomic mass is 10.1. The van der Waals surface area contributed by atoms with Crippen LogP contribution in [0.4, 0.5) is 5.69 Å². The number of rotatable bonds is 13. The number of amides is 2. The summed E-state index contributed by atoms with van der Waals surface area (Å²) < 4.78 is 35.0. The third-order valence-electron chi connectivity index (χ3n) is 7.52. The molecule has 3 aromatic rings. The number of benzene rings is 3. The number of halogens is 2. The summed E-state index contributed by atoms with van der Waals surface area (Å²) >= 11 is 13.0. The van der Waals surface area contributed by atoms with E-state index in [-0.39, 0.29) is 29.1 Å². The van der Waals surface area contributed by atoms with Gasteiger partial charge < -0.3 is 15.0 Å². The molecule has 3 aromatic carbocycles. The number of ether oxygens (including phenoxy) is 1. The lowest BCUT2D eigenvalue weighted by Gasteiger charge is -2.34. The van der Waals surface area contributed by atoms with E-state index in [9.17, 15) is 18.0 Å². The lowest BCUT2D eigenvalue weighted by Crippen LogP contribution is -2.53. The van der Waals surface area contributed by atoms with Gasteiger partial charge in [0.25, 0.3) is 10.0 Å². The Bertz CT molecular complexity index is 1490. The maximum Gasteiger partial charge on any atom is 0.264 e. The van der Waals surface area contributed by atoms with Gasteiger partial charge in [-0.1, -0.05) is 79.4 Å². The average molecular weight is 647 g/mol. The van der Waals surface area contributed by atoms with Crippen LogP contribution >= 0.6 is 23.2 Å². The van der Waals surface area contributed by atoms with Crippen molar-refractivity contribution in [3.63, 3.8) is 0 Å². The second-order valence-corrected chi connectivity index (χ2v) is 13.0. The van der Waals surface area contributed by atoms with Crippen LogP contribution in [-0.2, 0) is 26.2 Å². The third-order valence-corrected chi connectivity index (χ3v) is 10.0. The molecule has 0 unspecified atom stereocenters. The number of hydrogen-bond donors (Lipinski definition) is 1. The minimum absolute atomic E-state index is 0.0146. The molecular weight excluding hydrogens is 609 g/mol. The number of carbonyl (C=O) groups is 2. The molecule has 11 heteroatoms. The highest BCUT2D eigenvalue weighted by atomic mass is 35.5. The monoisotopic (exact) mass is 645 g/mol. The first kappa shape index (κ1) is 32.6. The Morgan fingerprint density at radius 1 is 0.930 bits per heavy atom. The van der Waals surface area contributed by atoms with E-state index in [1.807, 2.05) is 6.92 Å². The molecule has 230 valence electrons. The van der Waals surface area contributed by atoms with E-state index in [1.54, 1.807) is 67.6 Å². The van der Waals surface area contributed by atoms with Crippen molar-refractivity contribution >= 4 is 50.7 Å². The molecule has 0 bridgehead atoms. The van der Waals surface area contributed by atoms with Crippen LogP contribution in [0.3, 0.4) is 0 Å². The Kier molecular flexibility index (Phi) is 11.3. The highest BCUT2D eigenvalue weighted by Crippen LogP contribution is 2.33. The molecule has 1 aliphatic rings. The zero-order valence-corrected chi connectivity index (χ0v) is 26.7. The first-order valence-electron chi connectivity index (χ1n) is 14.5. The first-order valence-corrected chi connectivity index (χ1v) is 16.7. The fourth-order valence-corrected chi connectivity index (χ4v) is 7.28. The minimum atomic E-state index is -4.23. The molecule has 4 rings (SSSR count). The molecule has 1 atom stereocenters. The van der Waals surface area contributed by atoms with E-state index in [0.29, 0.717) is 34.4 Å². The van der Waals surface area contributed by atoms with Crippen molar-refractivity contribution in [1.29, 1.82) is 0 Å². The van der Waals surface area contributed by atoms with E-state index in [4.69, 9.17) is 27.9 Å². The van der Waals surface area contributed by atoms with Crippen molar-refractivity contribution in [3.05, 3.63) is 88.4 Å². The van der Waals surface area contributed by atoms with Gasteiger partial charge in [0.15, 0.2) is 0 Å². The smallest absolute Gasteiger partial charge is 0.264 e. The van der Waals surface area contributed by atoms with Crippen LogP contribution in [0.15, 0.2) is 77.7 Å². The Morgan fingerprint density at radius 2 is 1.56 bits per heavy atom. The van der Waals surface area contributed by atoms with Crippen molar-refractivity contribution in [2.24, 2.45) is 0 Å². The van der Waals surface area contributed by atoms with Gasteiger partial charge in [0.05, 0.1) is 17.2 Å². The fraction of sp³-hybridized carbons (Fsp3) is 0.375. The van der Waals surface area contributed by atoms with E-state index in [1.165, 1.54) is 17.0 Å². The first-order chi connectivity index (χ1) is 20.7. The topological polar surface area (TPSA) is 96.0 Å². The quantitative estimate of drug-likeness (QED) is 0.230. The number of hydrogen-bond acceptors (Lipinski definition) is 5. The summed E-state index contributed by atoms with van der Waals surface area (Å²) in [5, 5.41) is 3.78. The summed E-state index contributed by atoms with van der Waals surface area (Å²) in [5.74, 6) is -0.572. The molecule has 0 radical (unpaired) electrons. The van der Waals surface area contributed by atoms with Gasteiger partial charge in [0.1, 0.15) is 18.3 Å². The third kappa shape index (κ3) is 7.82. The van der Waals surface area contributed by atoms with E-state index >= 15 is 0 Å². The van der Waals surface area contributed by atoms with Gasteiger partial charge in [-0.25, -0.2) is 8.42 Å². The number of carbonyl (C=O) groups excluding carboxylic acids is 2. The summed E-state index contributed by atoms with van der Waals surface area (Å²) in [5.41, 5.74) is 0.680. The molecule has 1 aliphatic carbocycles. The van der Waals surface area contributed by atoms with Gasteiger partial charge in [0, 0.05) is 28.2 Å². The van der Waals surface area contributed by atoms with Crippen LogP contribution < -0.4 is 14.4 Å². The van der Waals surface area contributed by atoms with Gasteiger partial charge in [-0.3, -0.25) is 13.9 Å². The normalized spacial score (nSPS) is 14.2. The summed E-state index contributed by atoms with van der Waals surface area (Å²) in [6, 6.07) is 18.7. The summed E-state index contributed by atoms with van der Waals surface area (Å²) in [7, 11) is -4.23. The predicted molar refractivity (Wildman–Crippen MR) is 170 cm³/mol. The second kappa shape index (κ2) is 14.9. The molecule has 0 aliphatic heterocycles. The van der Waals surface area contributed by atoms with Crippen molar-refractivity contribution in [1.82, 2.24) is 10.2 Å². The Morgan fingerprint density at radius 3 is 2.19 bits per heavy atom. The highest BCUT2D eigenvalue weighted by Gasteiger charge is 2.36. The van der Waals surface area contributed by atoms with Gasteiger partial charge in [0.2, 0.25) is 11.8 Å². The van der Waals surface area contributed by atoms with Crippen LogP contribution in [0.1, 0.15) is 51.5 Å². The molecule has 2 amide bonds. The SMILES string of the molecule is CCOc1ccccc1N(CC(=O)N(Cc1c(Cl)cccc1Cl)[C@H](CC)C(=O)NC1CCCC1)S(=O)(=O)c1ccccc1. The molecule has 1 saturated carbocycles. The standard InChI is InChI=1S/C32H37Cl2N3O5S/c1-3-28(32(39)35-23-13-8-9-14-23)36(21-25-26(33)17-12-18-27(25)34)31(38)22-37(29-19-10-11-20-30(29)42-4-2)43(40,41)24-15-6-5-7-16-24/h5-7,10-12,15-20,23,28H,3-4,8-9,13-14,21-22H2,1-2H3,(H,35,39)/t28-/m1/s1. The molecular formula is C32H37Cl2N3O5S.